The molecule has 0 saturated heterocycles. The van der Waals surface area contributed by atoms with Crippen LogP contribution in [-0.2, 0) is 4.74 Å². The number of halogens is 1. The molecule has 2 N–H and O–H groups in total. The molecule has 2 rings (SSSR count). The van der Waals surface area contributed by atoms with Crippen LogP contribution in [0.1, 0.15) is 20.8 Å². The number of ether oxygens (including phenoxy) is 3. The first kappa shape index (κ1) is 19.7. The summed E-state index contributed by atoms with van der Waals surface area (Å²) in [5.41, 5.74) is 0.600. The summed E-state index contributed by atoms with van der Waals surface area (Å²) in [4.78, 5) is 16.0. The van der Waals surface area contributed by atoms with Gasteiger partial charge in [-0.15, -0.1) is 0 Å². The molecule has 0 aliphatic carbocycles. The van der Waals surface area contributed by atoms with Crippen molar-refractivity contribution in [2.45, 2.75) is 26.4 Å². The third-order valence-electron chi connectivity index (χ3n) is 3.15. The van der Waals surface area contributed by atoms with E-state index in [1.807, 2.05) is 0 Å². The van der Waals surface area contributed by atoms with Crippen LogP contribution in [0.4, 0.5) is 22.0 Å². The van der Waals surface area contributed by atoms with Crippen LogP contribution < -0.4 is 20.1 Å². The molecule has 140 valence electrons. The number of amides is 1. The van der Waals surface area contributed by atoms with Gasteiger partial charge in [-0.2, -0.15) is 0 Å². The maximum Gasteiger partial charge on any atom is 0.412 e. The molecular weight excluding hydrogens is 358 g/mol. The molecule has 0 spiro atoms. The van der Waals surface area contributed by atoms with Gasteiger partial charge in [0.1, 0.15) is 22.9 Å². The number of methoxy groups -OCH3 is 2. The van der Waals surface area contributed by atoms with Crippen molar-refractivity contribution in [1.29, 1.82) is 0 Å². The standard InChI is InChI=1S/C18H22ClN3O4/c1-18(2,3)26-17(23)21-11-6-7-16(20-10-11)22-13-9-14(24-4)12(19)8-15(13)25-5/h6-10H,1-5H3,(H,20,22)(H,21,23). The molecular formula is C18H22ClN3O4. The quantitative estimate of drug-likeness (QED) is 0.773. The maximum atomic E-state index is 11.8. The largest absolute Gasteiger partial charge is 0.495 e. The van der Waals surface area contributed by atoms with E-state index in [4.69, 9.17) is 25.8 Å². The Morgan fingerprint density at radius 3 is 2.35 bits per heavy atom. The molecule has 7 nitrogen and oxygen atoms in total. The molecule has 0 atom stereocenters. The first-order valence-corrected chi connectivity index (χ1v) is 8.24. The van der Waals surface area contributed by atoms with Crippen molar-refractivity contribution < 1.29 is 19.0 Å². The number of pyridine rings is 1. The van der Waals surface area contributed by atoms with Gasteiger partial charge in [0.15, 0.2) is 0 Å². The maximum absolute atomic E-state index is 11.8. The highest BCUT2D eigenvalue weighted by Crippen LogP contribution is 2.37. The zero-order valence-corrected chi connectivity index (χ0v) is 16.1. The Hall–Kier alpha value is -2.67. The van der Waals surface area contributed by atoms with Gasteiger partial charge in [-0.25, -0.2) is 9.78 Å². The van der Waals surface area contributed by atoms with E-state index in [1.165, 1.54) is 13.3 Å². The van der Waals surface area contributed by atoms with Crippen molar-refractivity contribution in [3.05, 3.63) is 35.5 Å². The number of carbonyl (C=O) groups is 1. The van der Waals surface area contributed by atoms with E-state index >= 15 is 0 Å². The van der Waals surface area contributed by atoms with Gasteiger partial charge in [0.25, 0.3) is 0 Å². The molecule has 0 unspecified atom stereocenters. The lowest BCUT2D eigenvalue weighted by molar-refractivity contribution is 0.0636. The molecule has 0 saturated carbocycles. The van der Waals surface area contributed by atoms with Crippen molar-refractivity contribution in [2.24, 2.45) is 0 Å². The third kappa shape index (κ3) is 5.42. The predicted octanol–water partition coefficient (Wildman–Crippen LogP) is 4.84. The van der Waals surface area contributed by atoms with Crippen molar-refractivity contribution in [1.82, 2.24) is 4.98 Å². The van der Waals surface area contributed by atoms with Gasteiger partial charge in [-0.1, -0.05) is 11.6 Å². The van der Waals surface area contributed by atoms with E-state index in [2.05, 4.69) is 15.6 Å². The van der Waals surface area contributed by atoms with Crippen molar-refractivity contribution >= 4 is 34.9 Å². The zero-order valence-electron chi connectivity index (χ0n) is 15.3. The third-order valence-corrected chi connectivity index (χ3v) is 3.44. The fourth-order valence-corrected chi connectivity index (χ4v) is 2.29. The molecule has 26 heavy (non-hydrogen) atoms. The molecule has 0 bridgehead atoms. The Kier molecular flexibility index (Phi) is 6.15. The number of carbonyl (C=O) groups excluding carboxylic acids is 1. The summed E-state index contributed by atoms with van der Waals surface area (Å²) < 4.78 is 15.7. The number of hydrogen-bond donors (Lipinski definition) is 2. The average Bonchev–Trinajstić information content (AvgIpc) is 2.56. The molecule has 0 radical (unpaired) electrons. The Balaban J connectivity index is 2.11. The van der Waals surface area contributed by atoms with Gasteiger partial charge in [-0.05, 0) is 32.9 Å². The number of nitrogens with one attached hydrogen (secondary N) is 2. The van der Waals surface area contributed by atoms with Crippen LogP contribution in [0.2, 0.25) is 5.02 Å². The lowest BCUT2D eigenvalue weighted by atomic mass is 10.2. The first-order chi connectivity index (χ1) is 12.2. The van der Waals surface area contributed by atoms with Crippen LogP contribution >= 0.6 is 11.6 Å². The smallest absolute Gasteiger partial charge is 0.412 e. The molecule has 2 aromatic rings. The summed E-state index contributed by atoms with van der Waals surface area (Å²) in [5.74, 6) is 1.62. The SMILES string of the molecule is COc1cc(Nc2ccc(NC(=O)OC(C)(C)C)cn2)c(OC)cc1Cl. The van der Waals surface area contributed by atoms with Gasteiger partial charge >= 0.3 is 6.09 Å². The lowest BCUT2D eigenvalue weighted by Gasteiger charge is -2.19. The summed E-state index contributed by atoms with van der Waals surface area (Å²) in [6, 6.07) is 6.79. The summed E-state index contributed by atoms with van der Waals surface area (Å²) in [5, 5.41) is 6.19. The number of hydrogen-bond acceptors (Lipinski definition) is 6. The number of rotatable bonds is 5. The van der Waals surface area contributed by atoms with Crippen LogP contribution in [0, 0.1) is 0 Å². The fraction of sp³-hybridized carbons (Fsp3) is 0.333. The van der Waals surface area contributed by atoms with E-state index in [0.717, 1.165) is 0 Å². The van der Waals surface area contributed by atoms with E-state index < -0.39 is 11.7 Å². The molecule has 1 amide bonds. The summed E-state index contributed by atoms with van der Waals surface area (Å²) >= 11 is 6.10. The Bertz CT molecular complexity index is 773. The molecule has 0 aliphatic rings. The van der Waals surface area contributed by atoms with Gasteiger partial charge in [-0.3, -0.25) is 5.32 Å². The summed E-state index contributed by atoms with van der Waals surface area (Å²) in [7, 11) is 3.08. The topological polar surface area (TPSA) is 81.7 Å². The second-order valence-electron chi connectivity index (χ2n) is 6.37. The highest BCUT2D eigenvalue weighted by Gasteiger charge is 2.16. The van der Waals surface area contributed by atoms with Crippen LogP contribution in [0.25, 0.3) is 0 Å². The van der Waals surface area contributed by atoms with E-state index in [-0.39, 0.29) is 0 Å². The van der Waals surface area contributed by atoms with Gasteiger partial charge < -0.3 is 19.5 Å². The van der Waals surface area contributed by atoms with Crippen molar-refractivity contribution in [3.8, 4) is 11.5 Å². The average molecular weight is 380 g/mol. The molecule has 8 heteroatoms. The number of benzene rings is 1. The van der Waals surface area contributed by atoms with E-state index in [0.29, 0.717) is 33.7 Å². The van der Waals surface area contributed by atoms with E-state index in [9.17, 15) is 4.79 Å². The lowest BCUT2D eigenvalue weighted by Crippen LogP contribution is -2.27. The number of aromatic nitrogens is 1. The molecule has 1 aromatic heterocycles. The van der Waals surface area contributed by atoms with Gasteiger partial charge in [0, 0.05) is 12.1 Å². The van der Waals surface area contributed by atoms with Crippen molar-refractivity contribution in [3.63, 3.8) is 0 Å². The highest BCUT2D eigenvalue weighted by atomic mass is 35.5. The Morgan fingerprint density at radius 1 is 1.12 bits per heavy atom. The van der Waals surface area contributed by atoms with Gasteiger partial charge in [0.05, 0.1) is 36.8 Å². The minimum atomic E-state index is -0.566. The van der Waals surface area contributed by atoms with Crippen LogP contribution in [0.3, 0.4) is 0 Å². The number of anilines is 3. The normalized spacial score (nSPS) is 10.8. The Labute approximate surface area is 157 Å². The zero-order chi connectivity index (χ0) is 19.3. The minimum absolute atomic E-state index is 0.444. The molecule has 1 aromatic carbocycles. The fourth-order valence-electron chi connectivity index (χ4n) is 2.06. The predicted molar refractivity (Wildman–Crippen MR) is 102 cm³/mol. The number of nitrogens with zero attached hydrogens (tertiary/aromatic N) is 1. The monoisotopic (exact) mass is 379 g/mol. The summed E-state index contributed by atoms with van der Waals surface area (Å²) in [6.45, 7) is 5.39. The summed E-state index contributed by atoms with van der Waals surface area (Å²) in [6.07, 6.45) is 0.982. The first-order valence-electron chi connectivity index (χ1n) is 7.86. The highest BCUT2D eigenvalue weighted by molar-refractivity contribution is 6.32. The minimum Gasteiger partial charge on any atom is -0.495 e. The van der Waals surface area contributed by atoms with Crippen LogP contribution in [-0.4, -0.2) is 30.9 Å². The molecule has 0 fully saturated rings. The molecule has 0 aliphatic heterocycles. The van der Waals surface area contributed by atoms with Gasteiger partial charge in [0.2, 0.25) is 0 Å². The Morgan fingerprint density at radius 2 is 1.81 bits per heavy atom. The van der Waals surface area contributed by atoms with Crippen LogP contribution in [0.5, 0.6) is 11.5 Å². The van der Waals surface area contributed by atoms with E-state index in [1.54, 1.807) is 52.1 Å². The molecule has 1 heterocycles. The second kappa shape index (κ2) is 8.14. The van der Waals surface area contributed by atoms with Crippen molar-refractivity contribution in [2.75, 3.05) is 24.9 Å². The second-order valence-corrected chi connectivity index (χ2v) is 6.78. The van der Waals surface area contributed by atoms with Crippen LogP contribution in [0.15, 0.2) is 30.5 Å².